The van der Waals surface area contributed by atoms with Crippen molar-refractivity contribution in [2.75, 3.05) is 43.9 Å². The van der Waals surface area contributed by atoms with E-state index >= 15 is 0 Å². The number of carbonyl (C=O) groups excluding carboxylic acids is 2. The van der Waals surface area contributed by atoms with Crippen LogP contribution in [0.25, 0.3) is 0 Å². The van der Waals surface area contributed by atoms with E-state index < -0.39 is 11.8 Å². The summed E-state index contributed by atoms with van der Waals surface area (Å²) in [6.45, 7) is 2.35. The van der Waals surface area contributed by atoms with E-state index in [2.05, 4.69) is 44.7 Å². The Hall–Kier alpha value is -2.57. The first-order chi connectivity index (χ1) is 14.0. The number of nitrogens with one attached hydrogen (secondary N) is 2. The molecular weight excluding hydrogens is 388 g/mol. The number of amides is 2. The van der Waals surface area contributed by atoms with E-state index in [9.17, 15) is 9.59 Å². The van der Waals surface area contributed by atoms with Gasteiger partial charge in [0.2, 0.25) is 0 Å². The summed E-state index contributed by atoms with van der Waals surface area (Å²) < 4.78 is 0. The van der Waals surface area contributed by atoms with E-state index in [1.54, 1.807) is 24.3 Å². The summed E-state index contributed by atoms with van der Waals surface area (Å²) in [7, 11) is 4.01. The van der Waals surface area contributed by atoms with Gasteiger partial charge in [0.05, 0.1) is 16.8 Å². The van der Waals surface area contributed by atoms with Crippen molar-refractivity contribution in [1.82, 2.24) is 10.2 Å². The number of carbonyl (C=O) groups is 2. The molecular formula is C22H27ClN4O2. The summed E-state index contributed by atoms with van der Waals surface area (Å²) in [5, 5.41) is 5.74. The lowest BCUT2D eigenvalue weighted by Gasteiger charge is -2.28. The van der Waals surface area contributed by atoms with Gasteiger partial charge in [-0.15, -0.1) is 0 Å². The number of hydrogen-bond acceptors (Lipinski definition) is 4. The number of nitrogens with zero attached hydrogens (tertiary/aromatic N) is 2. The van der Waals surface area contributed by atoms with Crippen molar-refractivity contribution in [3.05, 3.63) is 59.1 Å². The van der Waals surface area contributed by atoms with Gasteiger partial charge in [-0.2, -0.15) is 0 Å². The van der Waals surface area contributed by atoms with Gasteiger partial charge in [-0.3, -0.25) is 14.5 Å². The molecule has 2 amide bonds. The maximum absolute atomic E-state index is 12.4. The number of benzene rings is 2. The largest absolute Gasteiger partial charge is 0.378 e. The zero-order chi connectivity index (χ0) is 20.8. The monoisotopic (exact) mass is 414 g/mol. The molecule has 0 aromatic heterocycles. The average Bonchev–Trinajstić information content (AvgIpc) is 3.24. The highest BCUT2D eigenvalue weighted by Crippen LogP contribution is 2.26. The highest BCUT2D eigenvalue weighted by molar-refractivity contribution is 6.41. The number of halogens is 1. The quantitative estimate of drug-likeness (QED) is 0.712. The van der Waals surface area contributed by atoms with Crippen molar-refractivity contribution in [2.24, 2.45) is 0 Å². The van der Waals surface area contributed by atoms with Crippen LogP contribution >= 0.6 is 11.6 Å². The minimum atomic E-state index is -0.721. The topological polar surface area (TPSA) is 64.7 Å². The van der Waals surface area contributed by atoms with Crippen LogP contribution in [0.1, 0.15) is 24.4 Å². The standard InChI is InChI=1S/C22H27ClN4O2/c1-26(2)17-11-9-16(10-12-17)20(27-13-5-6-14-27)15-24-21(28)22(29)25-19-8-4-3-7-18(19)23/h3-4,7-12,20H,5-6,13-15H2,1-2H3,(H,24,28)(H,25,29). The van der Waals surface area contributed by atoms with Crippen LogP contribution in [0.4, 0.5) is 11.4 Å². The Morgan fingerprint density at radius 3 is 2.31 bits per heavy atom. The van der Waals surface area contributed by atoms with E-state index in [0.29, 0.717) is 17.3 Å². The summed E-state index contributed by atoms with van der Waals surface area (Å²) in [5.74, 6) is -1.39. The molecule has 29 heavy (non-hydrogen) atoms. The van der Waals surface area contributed by atoms with Crippen molar-refractivity contribution < 1.29 is 9.59 Å². The zero-order valence-corrected chi connectivity index (χ0v) is 17.6. The van der Waals surface area contributed by atoms with Crippen LogP contribution in [0, 0.1) is 0 Å². The predicted octanol–water partition coefficient (Wildman–Crippen LogP) is 3.30. The van der Waals surface area contributed by atoms with Crippen molar-refractivity contribution in [1.29, 1.82) is 0 Å². The molecule has 1 unspecified atom stereocenters. The molecule has 3 rings (SSSR count). The minimum Gasteiger partial charge on any atom is -0.378 e. The van der Waals surface area contributed by atoms with Gasteiger partial charge in [-0.05, 0) is 55.8 Å². The molecule has 0 saturated carbocycles. The van der Waals surface area contributed by atoms with Crippen LogP contribution in [0.3, 0.4) is 0 Å². The number of rotatable bonds is 6. The van der Waals surface area contributed by atoms with E-state index in [1.807, 2.05) is 14.1 Å². The molecule has 1 saturated heterocycles. The van der Waals surface area contributed by atoms with Gasteiger partial charge in [0.25, 0.3) is 0 Å². The Balaban J connectivity index is 1.65. The second-order valence-corrected chi connectivity index (χ2v) is 7.80. The molecule has 6 nitrogen and oxygen atoms in total. The Labute approximate surface area is 176 Å². The van der Waals surface area contributed by atoms with Gasteiger partial charge in [0.15, 0.2) is 0 Å². The first kappa shape index (κ1) is 21.1. The molecule has 0 radical (unpaired) electrons. The molecule has 0 bridgehead atoms. The molecule has 2 N–H and O–H groups in total. The fraction of sp³-hybridized carbons (Fsp3) is 0.364. The maximum Gasteiger partial charge on any atom is 0.313 e. The predicted molar refractivity (Wildman–Crippen MR) is 117 cm³/mol. The lowest BCUT2D eigenvalue weighted by molar-refractivity contribution is -0.136. The molecule has 1 atom stereocenters. The Kier molecular flexibility index (Phi) is 7.12. The van der Waals surface area contributed by atoms with Gasteiger partial charge in [-0.1, -0.05) is 35.9 Å². The second-order valence-electron chi connectivity index (χ2n) is 7.39. The van der Waals surface area contributed by atoms with E-state index in [1.165, 1.54) is 0 Å². The van der Waals surface area contributed by atoms with Gasteiger partial charge >= 0.3 is 11.8 Å². The summed E-state index contributed by atoms with van der Waals surface area (Å²) in [6, 6.07) is 15.2. The normalized spacial score (nSPS) is 15.0. The Morgan fingerprint density at radius 2 is 1.69 bits per heavy atom. The molecule has 7 heteroatoms. The molecule has 1 heterocycles. The third-order valence-electron chi connectivity index (χ3n) is 5.16. The first-order valence-electron chi connectivity index (χ1n) is 9.81. The number of hydrogen-bond donors (Lipinski definition) is 2. The van der Waals surface area contributed by atoms with Crippen molar-refractivity contribution in [3.8, 4) is 0 Å². The third kappa shape index (κ3) is 5.49. The minimum absolute atomic E-state index is 0.0331. The average molecular weight is 415 g/mol. The van der Waals surface area contributed by atoms with Gasteiger partial charge in [0, 0.05) is 26.3 Å². The van der Waals surface area contributed by atoms with Crippen molar-refractivity contribution >= 4 is 34.8 Å². The number of likely N-dealkylation sites (tertiary alicyclic amines) is 1. The Morgan fingerprint density at radius 1 is 1.03 bits per heavy atom. The maximum atomic E-state index is 12.4. The summed E-state index contributed by atoms with van der Waals surface area (Å²) in [6.07, 6.45) is 2.29. The van der Waals surface area contributed by atoms with Crippen LogP contribution in [0.2, 0.25) is 5.02 Å². The fourth-order valence-electron chi connectivity index (χ4n) is 3.52. The van der Waals surface area contributed by atoms with Crippen LogP contribution < -0.4 is 15.5 Å². The smallest absolute Gasteiger partial charge is 0.313 e. The Bertz CT molecular complexity index is 848. The van der Waals surface area contributed by atoms with Gasteiger partial charge in [0.1, 0.15) is 0 Å². The lowest BCUT2D eigenvalue weighted by atomic mass is 10.0. The van der Waals surface area contributed by atoms with Crippen LogP contribution in [-0.4, -0.2) is 50.4 Å². The lowest BCUT2D eigenvalue weighted by Crippen LogP contribution is -2.41. The van der Waals surface area contributed by atoms with Crippen molar-refractivity contribution in [3.63, 3.8) is 0 Å². The van der Waals surface area contributed by atoms with Gasteiger partial charge in [-0.25, -0.2) is 0 Å². The highest BCUT2D eigenvalue weighted by Gasteiger charge is 2.25. The number of anilines is 2. The molecule has 0 spiro atoms. The molecule has 1 fully saturated rings. The molecule has 2 aromatic rings. The summed E-state index contributed by atoms with van der Waals surface area (Å²) in [4.78, 5) is 29.0. The van der Waals surface area contributed by atoms with E-state index in [4.69, 9.17) is 11.6 Å². The fourth-order valence-corrected chi connectivity index (χ4v) is 3.70. The number of para-hydroxylation sites is 1. The summed E-state index contributed by atoms with van der Waals surface area (Å²) >= 11 is 6.05. The molecule has 154 valence electrons. The first-order valence-corrected chi connectivity index (χ1v) is 10.2. The van der Waals surface area contributed by atoms with Crippen LogP contribution in [0.5, 0.6) is 0 Å². The molecule has 2 aromatic carbocycles. The van der Waals surface area contributed by atoms with Crippen LogP contribution in [-0.2, 0) is 9.59 Å². The third-order valence-corrected chi connectivity index (χ3v) is 5.49. The zero-order valence-electron chi connectivity index (χ0n) is 16.8. The molecule has 0 aliphatic carbocycles. The second kappa shape index (κ2) is 9.76. The molecule has 1 aliphatic rings. The van der Waals surface area contributed by atoms with Crippen LogP contribution in [0.15, 0.2) is 48.5 Å². The molecule has 1 aliphatic heterocycles. The van der Waals surface area contributed by atoms with E-state index in [0.717, 1.165) is 37.2 Å². The summed E-state index contributed by atoms with van der Waals surface area (Å²) in [5.41, 5.74) is 2.67. The van der Waals surface area contributed by atoms with Crippen molar-refractivity contribution in [2.45, 2.75) is 18.9 Å². The SMILES string of the molecule is CN(C)c1ccc(C(CNC(=O)C(=O)Nc2ccccc2Cl)N2CCCC2)cc1. The van der Waals surface area contributed by atoms with Gasteiger partial charge < -0.3 is 15.5 Å². The highest BCUT2D eigenvalue weighted by atomic mass is 35.5. The van der Waals surface area contributed by atoms with E-state index in [-0.39, 0.29) is 6.04 Å².